The van der Waals surface area contributed by atoms with Crippen molar-refractivity contribution >= 4 is 44.5 Å². The fourth-order valence-electron chi connectivity index (χ4n) is 2.80. The summed E-state index contributed by atoms with van der Waals surface area (Å²) in [5.74, 6) is 1.55. The predicted octanol–water partition coefficient (Wildman–Crippen LogP) is 3.20. The average molecular weight is 371 g/mol. The van der Waals surface area contributed by atoms with Crippen molar-refractivity contribution in [3.8, 4) is 0 Å². The Balaban J connectivity index is 1.95. The van der Waals surface area contributed by atoms with Crippen LogP contribution in [0.1, 0.15) is 18.7 Å². The molecule has 4 nitrogen and oxygen atoms in total. The maximum absolute atomic E-state index is 12.4. The minimum atomic E-state index is 0.169. The lowest BCUT2D eigenvalue weighted by Crippen LogP contribution is -2.31. The first-order chi connectivity index (χ1) is 10.2. The number of halogens is 2. The van der Waals surface area contributed by atoms with Gasteiger partial charge in [0.15, 0.2) is 0 Å². The van der Waals surface area contributed by atoms with Gasteiger partial charge in [-0.2, -0.15) is 0 Å². The molecule has 3 rings (SSSR count). The first-order valence-electron chi connectivity index (χ1n) is 7.17. The second-order valence-electron chi connectivity index (χ2n) is 5.27. The van der Waals surface area contributed by atoms with Crippen LogP contribution >= 0.6 is 27.5 Å². The first-order valence-corrected chi connectivity index (χ1v) is 8.50. The van der Waals surface area contributed by atoms with Crippen molar-refractivity contribution in [1.29, 1.82) is 0 Å². The summed E-state index contributed by atoms with van der Waals surface area (Å²) in [6.45, 7) is 2.10. The predicted molar refractivity (Wildman–Crippen MR) is 87.7 cm³/mol. The highest BCUT2D eigenvalue weighted by atomic mass is 79.9. The Morgan fingerprint density at radius 3 is 2.81 bits per heavy atom. The van der Waals surface area contributed by atoms with Crippen molar-refractivity contribution < 1.29 is 4.79 Å². The van der Waals surface area contributed by atoms with Gasteiger partial charge in [-0.3, -0.25) is 4.79 Å². The van der Waals surface area contributed by atoms with Crippen molar-refractivity contribution in [2.45, 2.75) is 25.8 Å². The molecule has 1 amide bonds. The Kier molecular flexibility index (Phi) is 4.50. The topological polar surface area (TPSA) is 38.1 Å². The van der Waals surface area contributed by atoms with E-state index in [0.29, 0.717) is 18.8 Å². The number of hydrogen-bond donors (Lipinski definition) is 0. The third-order valence-corrected chi connectivity index (χ3v) is 4.54. The summed E-state index contributed by atoms with van der Waals surface area (Å²) in [4.78, 5) is 19.0. The van der Waals surface area contributed by atoms with Gasteiger partial charge >= 0.3 is 0 Å². The Morgan fingerprint density at radius 2 is 2.10 bits per heavy atom. The zero-order chi connectivity index (χ0) is 14.8. The Morgan fingerprint density at radius 1 is 1.33 bits per heavy atom. The van der Waals surface area contributed by atoms with Gasteiger partial charge in [0.2, 0.25) is 5.91 Å². The van der Waals surface area contributed by atoms with Gasteiger partial charge < -0.3 is 9.47 Å². The van der Waals surface area contributed by atoms with Crippen LogP contribution in [0.25, 0.3) is 11.0 Å². The molecule has 0 spiro atoms. The van der Waals surface area contributed by atoms with Gasteiger partial charge in [0.05, 0.1) is 11.0 Å². The highest BCUT2D eigenvalue weighted by Gasteiger charge is 2.20. The zero-order valence-corrected chi connectivity index (χ0v) is 14.0. The lowest BCUT2D eigenvalue weighted by atomic mass is 10.3. The average Bonchev–Trinajstić information content (AvgIpc) is 3.09. The van der Waals surface area contributed by atoms with Crippen molar-refractivity contribution in [2.24, 2.45) is 0 Å². The van der Waals surface area contributed by atoms with E-state index in [1.54, 1.807) is 0 Å². The number of benzene rings is 1. The Labute approximate surface area is 137 Å². The smallest absolute Gasteiger partial charge is 0.242 e. The van der Waals surface area contributed by atoms with Crippen LogP contribution in [-0.4, -0.2) is 39.3 Å². The zero-order valence-electron chi connectivity index (χ0n) is 11.7. The molecule has 1 aromatic heterocycles. The van der Waals surface area contributed by atoms with E-state index >= 15 is 0 Å². The van der Waals surface area contributed by atoms with Gasteiger partial charge in [0.1, 0.15) is 12.4 Å². The van der Waals surface area contributed by atoms with Crippen LogP contribution in [0.4, 0.5) is 0 Å². The van der Waals surface area contributed by atoms with Gasteiger partial charge in [0.25, 0.3) is 0 Å². The number of rotatable bonds is 4. The van der Waals surface area contributed by atoms with Crippen LogP contribution < -0.4 is 0 Å². The van der Waals surface area contributed by atoms with E-state index in [4.69, 9.17) is 11.6 Å². The molecular formula is C15H17BrClN3O. The molecule has 21 heavy (non-hydrogen) atoms. The third-order valence-electron chi connectivity index (χ3n) is 3.86. The molecule has 0 bridgehead atoms. The van der Waals surface area contributed by atoms with Crippen molar-refractivity contribution in [3.63, 3.8) is 0 Å². The molecular weight excluding hydrogens is 354 g/mol. The molecule has 1 saturated heterocycles. The second-order valence-corrected chi connectivity index (χ2v) is 6.57. The molecule has 0 N–H and O–H groups in total. The number of imidazole rings is 1. The van der Waals surface area contributed by atoms with Crippen molar-refractivity contribution in [1.82, 2.24) is 14.5 Å². The standard InChI is InChI=1S/C15H17BrClN3O/c16-11-3-4-12-13(9-11)20(14(18-12)5-6-17)10-15(21)19-7-1-2-8-19/h3-4,9H,1-2,5-8,10H2. The van der Waals surface area contributed by atoms with Crippen molar-refractivity contribution in [3.05, 3.63) is 28.5 Å². The van der Waals surface area contributed by atoms with Gasteiger partial charge in [-0.15, -0.1) is 11.6 Å². The van der Waals surface area contributed by atoms with Crippen LogP contribution in [-0.2, 0) is 17.8 Å². The summed E-state index contributed by atoms with van der Waals surface area (Å²) >= 11 is 9.36. The fourth-order valence-corrected chi connectivity index (χ4v) is 3.32. The molecule has 112 valence electrons. The Hall–Kier alpha value is -1.07. The SMILES string of the molecule is O=C(Cn1c(CCCl)nc2ccc(Br)cc21)N1CCCC1. The summed E-state index contributed by atoms with van der Waals surface area (Å²) < 4.78 is 2.99. The number of amides is 1. The molecule has 1 aliphatic rings. The monoisotopic (exact) mass is 369 g/mol. The van der Waals surface area contributed by atoms with E-state index in [0.717, 1.165) is 47.3 Å². The lowest BCUT2D eigenvalue weighted by Gasteiger charge is -2.17. The van der Waals surface area contributed by atoms with Crippen LogP contribution in [0.15, 0.2) is 22.7 Å². The van der Waals surface area contributed by atoms with Crippen molar-refractivity contribution in [2.75, 3.05) is 19.0 Å². The van der Waals surface area contributed by atoms with E-state index < -0.39 is 0 Å². The number of aryl methyl sites for hydroxylation is 1. The molecule has 0 aliphatic carbocycles. The van der Waals surface area contributed by atoms with Gasteiger partial charge in [0, 0.05) is 29.9 Å². The third kappa shape index (κ3) is 3.09. The molecule has 2 heterocycles. The number of hydrogen-bond acceptors (Lipinski definition) is 2. The van der Waals surface area contributed by atoms with E-state index in [-0.39, 0.29) is 5.91 Å². The lowest BCUT2D eigenvalue weighted by molar-refractivity contribution is -0.130. The molecule has 1 aromatic carbocycles. The number of aromatic nitrogens is 2. The summed E-state index contributed by atoms with van der Waals surface area (Å²) in [6.07, 6.45) is 2.88. The number of carbonyl (C=O) groups is 1. The summed E-state index contributed by atoms with van der Waals surface area (Å²) in [6, 6.07) is 5.94. The van der Waals surface area contributed by atoms with Gasteiger partial charge in [-0.25, -0.2) is 4.98 Å². The summed E-state index contributed by atoms with van der Waals surface area (Å²) in [7, 11) is 0. The highest BCUT2D eigenvalue weighted by Crippen LogP contribution is 2.22. The number of carbonyl (C=O) groups excluding carboxylic acids is 1. The highest BCUT2D eigenvalue weighted by molar-refractivity contribution is 9.10. The van der Waals surface area contributed by atoms with E-state index in [9.17, 15) is 4.79 Å². The normalized spacial score (nSPS) is 15.0. The molecule has 6 heteroatoms. The van der Waals surface area contributed by atoms with E-state index in [1.807, 2.05) is 27.7 Å². The molecule has 1 aliphatic heterocycles. The minimum absolute atomic E-state index is 0.169. The molecule has 0 atom stereocenters. The maximum atomic E-state index is 12.4. The van der Waals surface area contributed by atoms with Gasteiger partial charge in [-0.1, -0.05) is 15.9 Å². The van der Waals surface area contributed by atoms with Crippen LogP contribution in [0, 0.1) is 0 Å². The van der Waals surface area contributed by atoms with Crippen LogP contribution in [0.3, 0.4) is 0 Å². The summed E-state index contributed by atoms with van der Waals surface area (Å²) in [5.41, 5.74) is 1.89. The first kappa shape index (κ1) is 14.9. The maximum Gasteiger partial charge on any atom is 0.242 e. The largest absolute Gasteiger partial charge is 0.341 e. The van der Waals surface area contributed by atoms with Crippen LogP contribution in [0.5, 0.6) is 0 Å². The molecule has 0 radical (unpaired) electrons. The molecule has 0 saturated carbocycles. The number of fused-ring (bicyclic) bond motifs is 1. The Bertz CT molecular complexity index is 664. The fraction of sp³-hybridized carbons (Fsp3) is 0.467. The number of likely N-dealkylation sites (tertiary alicyclic amines) is 1. The van der Waals surface area contributed by atoms with E-state index in [1.165, 1.54) is 0 Å². The molecule has 0 unspecified atom stereocenters. The molecule has 2 aromatic rings. The quantitative estimate of drug-likeness (QED) is 0.775. The number of nitrogens with zero attached hydrogens (tertiary/aromatic N) is 3. The van der Waals surface area contributed by atoms with Crippen LogP contribution in [0.2, 0.25) is 0 Å². The summed E-state index contributed by atoms with van der Waals surface area (Å²) in [5, 5.41) is 0. The van der Waals surface area contributed by atoms with E-state index in [2.05, 4.69) is 20.9 Å². The second kappa shape index (κ2) is 6.36. The molecule has 1 fully saturated rings. The van der Waals surface area contributed by atoms with Gasteiger partial charge in [-0.05, 0) is 31.0 Å². The minimum Gasteiger partial charge on any atom is -0.341 e. The number of alkyl halides is 1.